The highest BCUT2D eigenvalue weighted by Crippen LogP contribution is 2.27. The number of hydrogen-bond donors (Lipinski definition) is 1. The second-order valence-corrected chi connectivity index (χ2v) is 6.05. The van der Waals surface area contributed by atoms with Gasteiger partial charge in [0, 0.05) is 6.54 Å². The Hall–Kier alpha value is -0.530. The fourth-order valence-corrected chi connectivity index (χ4v) is 3.34. The highest BCUT2D eigenvalue weighted by Gasteiger charge is 2.41. The van der Waals surface area contributed by atoms with Crippen LogP contribution in [0.25, 0.3) is 0 Å². The summed E-state index contributed by atoms with van der Waals surface area (Å²) in [5, 5.41) is 3.13. The molecule has 1 amide bonds. The lowest BCUT2D eigenvalue weighted by molar-refractivity contribution is -0.159. The maximum Gasteiger partial charge on any atom is 0.406 e. The average Bonchev–Trinajstić information content (AvgIpc) is 2.77. The number of carbonyl (C=O) groups excluding carboxylic acids is 1. The Labute approximate surface area is 135 Å². The normalized spacial score (nSPS) is 24.6. The molecule has 0 aromatic rings. The van der Waals surface area contributed by atoms with E-state index in [1.54, 1.807) is 0 Å². The molecule has 0 aliphatic carbocycles. The highest BCUT2D eigenvalue weighted by molar-refractivity contribution is 5.85. The SMILES string of the molecule is CNCCC1CCN(C2CCN(CC(F)(F)F)C2=O)CC1.Cl. The van der Waals surface area contributed by atoms with Crippen molar-refractivity contribution < 1.29 is 18.0 Å². The van der Waals surface area contributed by atoms with Crippen LogP contribution in [0.1, 0.15) is 25.7 Å². The largest absolute Gasteiger partial charge is 0.406 e. The van der Waals surface area contributed by atoms with Crippen molar-refractivity contribution >= 4 is 18.3 Å². The Balaban J connectivity index is 0.00000242. The molecule has 22 heavy (non-hydrogen) atoms. The molecule has 2 rings (SSSR count). The van der Waals surface area contributed by atoms with Crippen molar-refractivity contribution in [3.05, 3.63) is 0 Å². The Kier molecular flexibility index (Phi) is 7.41. The first kappa shape index (κ1) is 19.5. The van der Waals surface area contributed by atoms with Gasteiger partial charge in [0.15, 0.2) is 0 Å². The Bertz CT molecular complexity index is 360. The highest BCUT2D eigenvalue weighted by atomic mass is 35.5. The number of nitrogens with zero attached hydrogens (tertiary/aromatic N) is 2. The number of hydrogen-bond acceptors (Lipinski definition) is 3. The van der Waals surface area contributed by atoms with E-state index < -0.39 is 12.7 Å². The van der Waals surface area contributed by atoms with E-state index in [1.807, 2.05) is 7.05 Å². The van der Waals surface area contributed by atoms with Crippen molar-refractivity contribution in [3.8, 4) is 0 Å². The zero-order valence-corrected chi connectivity index (χ0v) is 13.7. The molecule has 0 saturated carbocycles. The van der Waals surface area contributed by atoms with Gasteiger partial charge < -0.3 is 10.2 Å². The van der Waals surface area contributed by atoms with Crippen LogP contribution in [-0.4, -0.2) is 67.7 Å². The van der Waals surface area contributed by atoms with Crippen molar-refractivity contribution in [2.75, 3.05) is 39.8 Å². The number of piperidine rings is 1. The summed E-state index contributed by atoms with van der Waals surface area (Å²) in [5.41, 5.74) is 0. The van der Waals surface area contributed by atoms with Crippen LogP contribution in [0.15, 0.2) is 0 Å². The summed E-state index contributed by atoms with van der Waals surface area (Å²) in [6.45, 7) is 1.76. The van der Waals surface area contributed by atoms with Crippen LogP contribution in [0.4, 0.5) is 13.2 Å². The second kappa shape index (κ2) is 8.36. The standard InChI is InChI=1S/C14H24F3N3O.ClH/c1-18-6-2-11-3-7-19(8-4-11)12-5-9-20(13(12)21)10-14(15,16)17;/h11-12,18H,2-10H2,1H3;1H. The smallest absolute Gasteiger partial charge is 0.332 e. The molecule has 130 valence electrons. The fraction of sp³-hybridized carbons (Fsp3) is 0.929. The van der Waals surface area contributed by atoms with Crippen LogP contribution in [0.5, 0.6) is 0 Å². The summed E-state index contributed by atoms with van der Waals surface area (Å²) in [5.74, 6) is 0.317. The minimum absolute atomic E-state index is 0. The molecule has 0 spiro atoms. The van der Waals surface area contributed by atoms with Crippen LogP contribution >= 0.6 is 12.4 Å². The van der Waals surface area contributed by atoms with E-state index in [-0.39, 0.29) is 30.9 Å². The quantitative estimate of drug-likeness (QED) is 0.828. The first-order valence-electron chi connectivity index (χ1n) is 7.65. The Morgan fingerprint density at radius 3 is 2.36 bits per heavy atom. The number of halogens is 4. The number of carbonyl (C=O) groups is 1. The summed E-state index contributed by atoms with van der Waals surface area (Å²) >= 11 is 0. The van der Waals surface area contributed by atoms with Crippen molar-refractivity contribution in [3.63, 3.8) is 0 Å². The molecule has 0 radical (unpaired) electrons. The molecular formula is C14H25ClF3N3O. The third-order valence-electron chi connectivity index (χ3n) is 4.53. The summed E-state index contributed by atoms with van der Waals surface area (Å²) < 4.78 is 37.2. The number of alkyl halides is 3. The predicted molar refractivity (Wildman–Crippen MR) is 81.1 cm³/mol. The lowest BCUT2D eigenvalue weighted by atomic mass is 9.92. The van der Waals surface area contributed by atoms with Gasteiger partial charge in [0.2, 0.25) is 5.91 Å². The van der Waals surface area contributed by atoms with Gasteiger partial charge in [0.05, 0.1) is 6.04 Å². The van der Waals surface area contributed by atoms with E-state index in [9.17, 15) is 18.0 Å². The summed E-state index contributed by atoms with van der Waals surface area (Å²) in [6, 6.07) is -0.336. The lowest BCUT2D eigenvalue weighted by Crippen LogP contribution is -2.47. The van der Waals surface area contributed by atoms with Gasteiger partial charge in [-0.3, -0.25) is 9.69 Å². The van der Waals surface area contributed by atoms with Crippen molar-refractivity contribution in [1.82, 2.24) is 15.1 Å². The summed E-state index contributed by atoms with van der Waals surface area (Å²) in [7, 11) is 1.93. The Morgan fingerprint density at radius 2 is 1.82 bits per heavy atom. The summed E-state index contributed by atoms with van der Waals surface area (Å²) in [6.07, 6.45) is -0.584. The molecular weight excluding hydrogens is 319 g/mol. The van der Waals surface area contributed by atoms with Gasteiger partial charge in [-0.25, -0.2) is 0 Å². The van der Waals surface area contributed by atoms with Crippen LogP contribution in [-0.2, 0) is 4.79 Å². The zero-order valence-electron chi connectivity index (χ0n) is 12.9. The molecule has 2 aliphatic rings. The first-order valence-corrected chi connectivity index (χ1v) is 7.65. The molecule has 1 atom stereocenters. The fourth-order valence-electron chi connectivity index (χ4n) is 3.34. The molecule has 2 heterocycles. The van der Waals surface area contributed by atoms with Gasteiger partial charge in [-0.05, 0) is 58.3 Å². The zero-order chi connectivity index (χ0) is 15.5. The first-order chi connectivity index (χ1) is 9.90. The maximum absolute atomic E-state index is 12.4. The second-order valence-electron chi connectivity index (χ2n) is 6.05. The molecule has 8 heteroatoms. The van der Waals surface area contributed by atoms with Crippen LogP contribution in [0.2, 0.25) is 0 Å². The molecule has 0 aromatic carbocycles. The third-order valence-corrected chi connectivity index (χ3v) is 4.53. The van der Waals surface area contributed by atoms with E-state index in [0.717, 1.165) is 43.8 Å². The molecule has 1 unspecified atom stereocenters. The van der Waals surface area contributed by atoms with Gasteiger partial charge in [-0.1, -0.05) is 0 Å². The van der Waals surface area contributed by atoms with Gasteiger partial charge in [-0.15, -0.1) is 12.4 Å². The third kappa shape index (κ3) is 5.28. The molecule has 0 aromatic heterocycles. The molecule has 2 saturated heterocycles. The topological polar surface area (TPSA) is 35.6 Å². The van der Waals surface area contributed by atoms with Gasteiger partial charge in [-0.2, -0.15) is 13.2 Å². The molecule has 1 N–H and O–H groups in total. The summed E-state index contributed by atoms with van der Waals surface area (Å²) in [4.78, 5) is 15.1. The van der Waals surface area contributed by atoms with Crippen LogP contribution < -0.4 is 5.32 Å². The van der Waals surface area contributed by atoms with Crippen LogP contribution in [0, 0.1) is 5.92 Å². The number of rotatable bonds is 5. The van der Waals surface area contributed by atoms with Crippen molar-refractivity contribution in [2.24, 2.45) is 5.92 Å². The van der Waals surface area contributed by atoms with E-state index in [2.05, 4.69) is 10.2 Å². The average molecular weight is 344 g/mol. The van der Waals surface area contributed by atoms with Crippen molar-refractivity contribution in [2.45, 2.75) is 37.9 Å². The minimum Gasteiger partial charge on any atom is -0.332 e. The van der Waals surface area contributed by atoms with Crippen molar-refractivity contribution in [1.29, 1.82) is 0 Å². The van der Waals surface area contributed by atoms with Gasteiger partial charge in [0.25, 0.3) is 0 Å². The molecule has 4 nitrogen and oxygen atoms in total. The van der Waals surface area contributed by atoms with E-state index >= 15 is 0 Å². The molecule has 2 aliphatic heterocycles. The number of likely N-dealkylation sites (tertiary alicyclic amines) is 2. The number of amides is 1. The minimum atomic E-state index is -4.30. The molecule has 2 fully saturated rings. The maximum atomic E-state index is 12.4. The van der Waals surface area contributed by atoms with E-state index in [0.29, 0.717) is 12.3 Å². The van der Waals surface area contributed by atoms with E-state index in [1.165, 1.54) is 0 Å². The Morgan fingerprint density at radius 1 is 1.18 bits per heavy atom. The monoisotopic (exact) mass is 343 g/mol. The van der Waals surface area contributed by atoms with E-state index in [4.69, 9.17) is 0 Å². The van der Waals surface area contributed by atoms with Gasteiger partial charge in [0.1, 0.15) is 6.54 Å². The number of nitrogens with one attached hydrogen (secondary N) is 1. The van der Waals surface area contributed by atoms with Crippen LogP contribution in [0.3, 0.4) is 0 Å². The molecule has 0 bridgehead atoms. The lowest BCUT2D eigenvalue weighted by Gasteiger charge is -2.35. The van der Waals surface area contributed by atoms with Gasteiger partial charge >= 0.3 is 6.18 Å². The predicted octanol–water partition coefficient (Wildman–Crippen LogP) is 1.89.